The van der Waals surface area contributed by atoms with E-state index in [2.05, 4.69) is 24.0 Å². The molecule has 1 N–H and O–H groups in total. The van der Waals surface area contributed by atoms with E-state index in [1.165, 1.54) is 43.6 Å². The first kappa shape index (κ1) is 12.3. The molecule has 3 aliphatic rings. The maximum Gasteiger partial charge on any atom is 0.0783 e. The van der Waals surface area contributed by atoms with Crippen LogP contribution in [0.1, 0.15) is 39.0 Å². The molecule has 3 unspecified atom stereocenters. The van der Waals surface area contributed by atoms with E-state index in [1.807, 2.05) is 0 Å². The second kappa shape index (κ2) is 5.10. The Morgan fingerprint density at radius 1 is 1.35 bits per heavy atom. The fourth-order valence-electron chi connectivity index (χ4n) is 3.64. The van der Waals surface area contributed by atoms with E-state index < -0.39 is 0 Å². The van der Waals surface area contributed by atoms with Gasteiger partial charge in [0.1, 0.15) is 0 Å². The van der Waals surface area contributed by atoms with Crippen LogP contribution in [0, 0.1) is 11.8 Å². The Labute approximate surface area is 109 Å². The fraction of sp³-hybridized carbons (Fsp3) is 1.00. The van der Waals surface area contributed by atoms with Crippen LogP contribution in [0.25, 0.3) is 0 Å². The van der Waals surface area contributed by atoms with Gasteiger partial charge in [-0.15, -0.1) is 0 Å². The van der Waals surface area contributed by atoms with Crippen LogP contribution in [0.5, 0.6) is 0 Å². The van der Waals surface area contributed by atoms with Crippen molar-refractivity contribution < 1.29 is 4.74 Å². The summed E-state index contributed by atoms with van der Waals surface area (Å²) in [5, 5.41) is 3.76. The third-order valence-electron chi connectivity index (χ3n) is 4.68. The zero-order chi connectivity index (χ0) is 11.7. The lowest BCUT2D eigenvalue weighted by Gasteiger charge is -2.41. The van der Waals surface area contributed by atoms with Crippen molar-refractivity contribution in [2.45, 2.75) is 50.7 Å². The van der Waals surface area contributed by atoms with Gasteiger partial charge in [-0.1, -0.05) is 6.92 Å². The van der Waals surface area contributed by atoms with Crippen molar-refractivity contribution in [3.8, 4) is 0 Å². The average molecular weight is 255 g/mol. The molecule has 3 heteroatoms. The molecule has 17 heavy (non-hydrogen) atoms. The van der Waals surface area contributed by atoms with Crippen molar-refractivity contribution >= 4 is 11.8 Å². The average Bonchev–Trinajstić information content (AvgIpc) is 3.09. The molecule has 2 nitrogen and oxygen atoms in total. The van der Waals surface area contributed by atoms with Crippen LogP contribution in [-0.4, -0.2) is 36.3 Å². The van der Waals surface area contributed by atoms with Crippen molar-refractivity contribution in [3.05, 3.63) is 0 Å². The summed E-state index contributed by atoms with van der Waals surface area (Å²) in [6.45, 7) is 4.37. The highest BCUT2D eigenvalue weighted by Gasteiger charge is 2.45. The number of thioether (sulfide) groups is 1. The molecule has 98 valence electrons. The SMILES string of the molecule is CCNC(C1CC1)C1CCOC2(CCSC2)C1. The molecule has 0 aromatic carbocycles. The summed E-state index contributed by atoms with van der Waals surface area (Å²) >= 11 is 2.09. The van der Waals surface area contributed by atoms with E-state index in [4.69, 9.17) is 4.74 Å². The molecule has 3 atom stereocenters. The lowest BCUT2D eigenvalue weighted by molar-refractivity contribution is -0.0862. The van der Waals surface area contributed by atoms with Crippen LogP contribution < -0.4 is 5.32 Å². The predicted molar refractivity (Wildman–Crippen MR) is 73.5 cm³/mol. The Hall–Kier alpha value is 0.270. The minimum Gasteiger partial charge on any atom is -0.374 e. The first-order valence-corrected chi connectivity index (χ1v) is 8.43. The molecule has 1 aliphatic carbocycles. The van der Waals surface area contributed by atoms with Crippen molar-refractivity contribution in [2.24, 2.45) is 11.8 Å². The smallest absolute Gasteiger partial charge is 0.0783 e. The molecule has 1 saturated carbocycles. The largest absolute Gasteiger partial charge is 0.374 e. The van der Waals surface area contributed by atoms with Gasteiger partial charge in [0.2, 0.25) is 0 Å². The molecular formula is C14H25NOS. The van der Waals surface area contributed by atoms with E-state index in [0.717, 1.165) is 31.0 Å². The van der Waals surface area contributed by atoms with E-state index in [0.29, 0.717) is 0 Å². The third kappa shape index (κ3) is 2.66. The number of hydrogen-bond acceptors (Lipinski definition) is 3. The Morgan fingerprint density at radius 2 is 2.24 bits per heavy atom. The predicted octanol–water partition coefficient (Wildman–Crippen LogP) is 2.68. The normalized spacial score (nSPS) is 39.7. The minimum atomic E-state index is 0.260. The fourth-order valence-corrected chi connectivity index (χ4v) is 5.02. The lowest BCUT2D eigenvalue weighted by Crippen LogP contribution is -2.47. The summed E-state index contributed by atoms with van der Waals surface area (Å²) in [6.07, 6.45) is 6.79. The van der Waals surface area contributed by atoms with Gasteiger partial charge in [0.25, 0.3) is 0 Å². The van der Waals surface area contributed by atoms with Crippen LogP contribution in [0.3, 0.4) is 0 Å². The molecule has 0 aromatic heterocycles. The van der Waals surface area contributed by atoms with Gasteiger partial charge in [0, 0.05) is 18.4 Å². The van der Waals surface area contributed by atoms with Crippen molar-refractivity contribution in [2.75, 3.05) is 24.7 Å². The van der Waals surface area contributed by atoms with E-state index >= 15 is 0 Å². The Balaban J connectivity index is 1.65. The zero-order valence-corrected chi connectivity index (χ0v) is 11.7. The summed E-state index contributed by atoms with van der Waals surface area (Å²) in [4.78, 5) is 0. The molecule has 2 heterocycles. The van der Waals surface area contributed by atoms with Gasteiger partial charge < -0.3 is 10.1 Å². The summed E-state index contributed by atoms with van der Waals surface area (Å²) in [7, 11) is 0. The zero-order valence-electron chi connectivity index (χ0n) is 10.9. The Bertz CT molecular complexity index is 261. The molecule has 3 rings (SSSR count). The van der Waals surface area contributed by atoms with Crippen molar-refractivity contribution in [1.82, 2.24) is 5.32 Å². The van der Waals surface area contributed by atoms with Gasteiger partial charge in [-0.3, -0.25) is 0 Å². The van der Waals surface area contributed by atoms with Crippen LogP contribution in [0.4, 0.5) is 0 Å². The van der Waals surface area contributed by atoms with E-state index in [1.54, 1.807) is 0 Å². The molecule has 2 aliphatic heterocycles. The molecular weight excluding hydrogens is 230 g/mol. The van der Waals surface area contributed by atoms with Gasteiger partial charge >= 0.3 is 0 Å². The van der Waals surface area contributed by atoms with E-state index in [9.17, 15) is 0 Å². The second-order valence-corrected chi connectivity index (χ2v) is 7.11. The Kier molecular flexibility index (Phi) is 3.69. The first-order valence-electron chi connectivity index (χ1n) is 7.28. The van der Waals surface area contributed by atoms with Gasteiger partial charge in [-0.05, 0) is 56.2 Å². The van der Waals surface area contributed by atoms with Gasteiger partial charge in [-0.25, -0.2) is 0 Å². The highest BCUT2D eigenvalue weighted by Crippen LogP contribution is 2.45. The van der Waals surface area contributed by atoms with Gasteiger partial charge in [0.05, 0.1) is 5.60 Å². The number of nitrogens with one attached hydrogen (secondary N) is 1. The molecule has 0 radical (unpaired) electrons. The van der Waals surface area contributed by atoms with Crippen LogP contribution in [0.2, 0.25) is 0 Å². The monoisotopic (exact) mass is 255 g/mol. The van der Waals surface area contributed by atoms with Gasteiger partial charge in [0.15, 0.2) is 0 Å². The second-order valence-electron chi connectivity index (χ2n) is 6.01. The first-order chi connectivity index (χ1) is 8.33. The molecule has 0 bridgehead atoms. The number of ether oxygens (including phenoxy) is 1. The summed E-state index contributed by atoms with van der Waals surface area (Å²) < 4.78 is 6.14. The molecule has 3 fully saturated rings. The summed E-state index contributed by atoms with van der Waals surface area (Å²) in [5.74, 6) is 4.40. The Morgan fingerprint density at radius 3 is 2.88 bits per heavy atom. The molecule has 2 saturated heterocycles. The molecule has 0 aromatic rings. The van der Waals surface area contributed by atoms with Crippen molar-refractivity contribution in [1.29, 1.82) is 0 Å². The summed E-state index contributed by atoms with van der Waals surface area (Å²) in [5.41, 5.74) is 0.260. The highest BCUT2D eigenvalue weighted by atomic mass is 32.2. The minimum absolute atomic E-state index is 0.260. The van der Waals surface area contributed by atoms with Crippen LogP contribution >= 0.6 is 11.8 Å². The topological polar surface area (TPSA) is 21.3 Å². The maximum atomic E-state index is 6.14. The maximum absolute atomic E-state index is 6.14. The lowest BCUT2D eigenvalue weighted by atomic mass is 9.79. The summed E-state index contributed by atoms with van der Waals surface area (Å²) in [6, 6.07) is 0.784. The van der Waals surface area contributed by atoms with Gasteiger partial charge in [-0.2, -0.15) is 11.8 Å². The standard InChI is InChI=1S/C14H25NOS/c1-2-15-13(11-3-4-11)12-5-7-16-14(9-12)6-8-17-10-14/h11-13,15H,2-10H2,1H3. The van der Waals surface area contributed by atoms with E-state index in [-0.39, 0.29) is 5.60 Å². The third-order valence-corrected chi connectivity index (χ3v) is 5.90. The number of rotatable bonds is 4. The van der Waals surface area contributed by atoms with Crippen molar-refractivity contribution in [3.63, 3.8) is 0 Å². The highest BCUT2D eigenvalue weighted by molar-refractivity contribution is 7.99. The molecule has 1 spiro atoms. The van der Waals surface area contributed by atoms with Crippen LogP contribution in [0.15, 0.2) is 0 Å². The molecule has 0 amide bonds. The quantitative estimate of drug-likeness (QED) is 0.834. The number of hydrogen-bond donors (Lipinski definition) is 1. The van der Waals surface area contributed by atoms with Crippen LogP contribution in [-0.2, 0) is 4.74 Å².